The maximum atomic E-state index is 13.8. The SMILES string of the molecule is Fc1ccc(-c2ccc3ccc4c(-c5ccc(-c6ccc(-c7ccc(-c8ccc9c%10c%11c(ccc8%10)C=CC(c8ccc(F)cc8)C%11=CC9)cc7)cc6)cc5)ccc5ccc2c3c54)cc1. The Morgan fingerprint density at radius 1 is 0.359 bits per heavy atom. The van der Waals surface area contributed by atoms with Gasteiger partial charge in [-0.05, 0) is 157 Å². The van der Waals surface area contributed by atoms with Gasteiger partial charge in [-0.15, -0.1) is 0 Å². The molecule has 0 N–H and O–H groups in total. The maximum absolute atomic E-state index is 13.8. The highest BCUT2D eigenvalue weighted by molar-refractivity contribution is 6.27. The minimum atomic E-state index is -0.226. The Morgan fingerprint density at radius 3 is 1.28 bits per heavy atom. The summed E-state index contributed by atoms with van der Waals surface area (Å²) in [5, 5.41) is 9.95. The van der Waals surface area contributed by atoms with Gasteiger partial charge in [-0.3, -0.25) is 0 Å². The van der Waals surface area contributed by atoms with Crippen LogP contribution in [-0.2, 0) is 6.42 Å². The summed E-state index contributed by atoms with van der Waals surface area (Å²) in [5.41, 5.74) is 18.0. The van der Waals surface area contributed by atoms with Crippen LogP contribution < -0.4 is 0 Å². The molecule has 2 aliphatic rings. The van der Waals surface area contributed by atoms with Crippen molar-refractivity contribution in [2.75, 3.05) is 0 Å². The van der Waals surface area contributed by atoms with Crippen LogP contribution in [0.1, 0.15) is 28.2 Å². The molecule has 0 saturated carbocycles. The molecule has 64 heavy (non-hydrogen) atoms. The summed E-state index contributed by atoms with van der Waals surface area (Å²) in [6.45, 7) is 0. The van der Waals surface area contributed by atoms with Crippen molar-refractivity contribution in [2.24, 2.45) is 0 Å². The van der Waals surface area contributed by atoms with Crippen molar-refractivity contribution >= 4 is 54.7 Å². The van der Waals surface area contributed by atoms with E-state index in [9.17, 15) is 8.78 Å². The largest absolute Gasteiger partial charge is 0.207 e. The first kappa shape index (κ1) is 36.7. The topological polar surface area (TPSA) is 0 Å². The molecule has 11 aromatic rings. The van der Waals surface area contributed by atoms with Gasteiger partial charge in [0.2, 0.25) is 0 Å². The number of rotatable bonds is 6. The summed E-state index contributed by atoms with van der Waals surface area (Å²) in [6, 6.07) is 67.4. The van der Waals surface area contributed by atoms with E-state index in [2.05, 4.69) is 164 Å². The van der Waals surface area contributed by atoms with E-state index in [1.54, 1.807) is 12.1 Å². The van der Waals surface area contributed by atoms with Gasteiger partial charge < -0.3 is 0 Å². The normalized spacial score (nSPS) is 14.2. The number of benzene rings is 11. The van der Waals surface area contributed by atoms with Crippen LogP contribution in [0.5, 0.6) is 0 Å². The summed E-state index contributed by atoms with van der Waals surface area (Å²) in [6.07, 6.45) is 7.75. The van der Waals surface area contributed by atoms with E-state index < -0.39 is 0 Å². The molecule has 0 heterocycles. The minimum absolute atomic E-state index is 0.109. The fourth-order valence-electron chi connectivity index (χ4n) is 10.7. The van der Waals surface area contributed by atoms with Gasteiger partial charge in [0, 0.05) is 5.92 Å². The van der Waals surface area contributed by atoms with Gasteiger partial charge >= 0.3 is 0 Å². The van der Waals surface area contributed by atoms with Crippen molar-refractivity contribution in [3.63, 3.8) is 0 Å². The number of allylic oxidation sites excluding steroid dienone is 3. The first-order valence-corrected chi connectivity index (χ1v) is 22.0. The van der Waals surface area contributed by atoms with Crippen molar-refractivity contribution in [3.8, 4) is 55.6 Å². The molecule has 0 nitrogen and oxygen atoms in total. The highest BCUT2D eigenvalue weighted by Gasteiger charge is 2.27. The highest BCUT2D eigenvalue weighted by atomic mass is 19.1. The van der Waals surface area contributed by atoms with Crippen LogP contribution in [0, 0.1) is 11.6 Å². The fraction of sp³-hybridized carbons (Fsp3) is 0.0323. The van der Waals surface area contributed by atoms with E-state index >= 15 is 0 Å². The van der Waals surface area contributed by atoms with Gasteiger partial charge in [-0.25, -0.2) is 8.78 Å². The molecule has 13 rings (SSSR count). The average Bonchev–Trinajstić information content (AvgIpc) is 3.35. The van der Waals surface area contributed by atoms with Crippen LogP contribution in [0.25, 0.3) is 110 Å². The molecule has 0 fully saturated rings. The van der Waals surface area contributed by atoms with Crippen LogP contribution in [-0.4, -0.2) is 0 Å². The molecule has 0 bridgehead atoms. The van der Waals surface area contributed by atoms with Crippen molar-refractivity contribution in [1.82, 2.24) is 0 Å². The van der Waals surface area contributed by atoms with Gasteiger partial charge in [0.1, 0.15) is 11.6 Å². The number of hydrogen-bond acceptors (Lipinski definition) is 0. The lowest BCUT2D eigenvalue weighted by Crippen LogP contribution is -2.10. The van der Waals surface area contributed by atoms with Gasteiger partial charge in [-0.1, -0.05) is 188 Å². The molecule has 0 aliphatic heterocycles. The third kappa shape index (κ3) is 5.80. The Bertz CT molecular complexity index is 3700. The summed E-state index contributed by atoms with van der Waals surface area (Å²) >= 11 is 0. The quantitative estimate of drug-likeness (QED) is 0.147. The van der Waals surface area contributed by atoms with E-state index in [-0.39, 0.29) is 17.6 Å². The zero-order valence-electron chi connectivity index (χ0n) is 34.7. The maximum Gasteiger partial charge on any atom is 0.123 e. The number of hydrogen-bond donors (Lipinski definition) is 0. The third-order valence-electron chi connectivity index (χ3n) is 13.9. The minimum Gasteiger partial charge on any atom is -0.207 e. The van der Waals surface area contributed by atoms with Crippen LogP contribution in [0.4, 0.5) is 8.78 Å². The highest BCUT2D eigenvalue weighted by Crippen LogP contribution is 2.48. The Labute approximate surface area is 370 Å². The third-order valence-corrected chi connectivity index (χ3v) is 13.9. The van der Waals surface area contributed by atoms with E-state index in [1.165, 1.54) is 122 Å². The van der Waals surface area contributed by atoms with Gasteiger partial charge in [0.25, 0.3) is 0 Å². The second-order valence-corrected chi connectivity index (χ2v) is 17.4. The Hall–Kier alpha value is -7.94. The van der Waals surface area contributed by atoms with Crippen molar-refractivity contribution < 1.29 is 8.78 Å². The summed E-state index contributed by atoms with van der Waals surface area (Å²) in [4.78, 5) is 0. The molecule has 0 aromatic heterocycles. The Kier molecular flexibility index (Phi) is 8.20. The molecule has 0 spiro atoms. The molecule has 1 atom stereocenters. The Balaban J connectivity index is 0.777. The van der Waals surface area contributed by atoms with Gasteiger partial charge in [0.05, 0.1) is 0 Å². The first-order valence-electron chi connectivity index (χ1n) is 22.0. The lowest BCUT2D eigenvalue weighted by molar-refractivity contribution is 0.627. The summed E-state index contributed by atoms with van der Waals surface area (Å²) in [7, 11) is 0. The molecular formula is C62H38F2. The zero-order chi connectivity index (χ0) is 42.5. The lowest BCUT2D eigenvalue weighted by Gasteiger charge is -2.30. The van der Waals surface area contributed by atoms with Crippen LogP contribution >= 0.6 is 0 Å². The summed E-state index contributed by atoms with van der Waals surface area (Å²) in [5.74, 6) is -0.322. The second kappa shape index (κ2) is 14.3. The van der Waals surface area contributed by atoms with E-state index in [4.69, 9.17) is 0 Å². The molecule has 2 aliphatic carbocycles. The molecular weight excluding hydrogens is 783 g/mol. The second-order valence-electron chi connectivity index (χ2n) is 17.4. The molecule has 11 aromatic carbocycles. The van der Waals surface area contributed by atoms with Crippen molar-refractivity contribution in [1.29, 1.82) is 0 Å². The number of halogens is 2. The smallest absolute Gasteiger partial charge is 0.123 e. The van der Waals surface area contributed by atoms with Crippen LogP contribution in [0.15, 0.2) is 206 Å². The monoisotopic (exact) mass is 820 g/mol. The van der Waals surface area contributed by atoms with E-state index in [0.717, 1.165) is 23.1 Å². The molecule has 0 amide bonds. The van der Waals surface area contributed by atoms with Crippen molar-refractivity contribution in [2.45, 2.75) is 12.3 Å². The molecule has 300 valence electrons. The standard InChI is InChI=1S/C62H38F2/c63-49-25-13-43(14-26-49)53-31-19-47-21-33-55-51(29-17-45-23-35-57(53)61(47)59(45)55)41-9-5-39(6-10-41)37-1-2-38(4-3-37)40-7-11-42(12-8-40)52-30-18-46-24-36-58-54(44-15-27-50(64)28-16-44)32-20-48-22-34-56(52)60(46)62(48)58/h1-23,25-36,54H,24H2. The lowest BCUT2D eigenvalue weighted by atomic mass is 9.74. The molecule has 1 unspecified atom stereocenters. The predicted octanol–water partition coefficient (Wildman–Crippen LogP) is 17.1. The zero-order valence-corrected chi connectivity index (χ0v) is 34.7. The average molecular weight is 821 g/mol. The molecule has 0 saturated heterocycles. The van der Waals surface area contributed by atoms with E-state index in [0.29, 0.717) is 0 Å². The van der Waals surface area contributed by atoms with E-state index in [1.807, 2.05) is 24.3 Å². The summed E-state index contributed by atoms with van der Waals surface area (Å²) < 4.78 is 27.7. The van der Waals surface area contributed by atoms with Gasteiger partial charge in [0.15, 0.2) is 0 Å². The van der Waals surface area contributed by atoms with Crippen molar-refractivity contribution in [3.05, 3.63) is 240 Å². The first-order chi connectivity index (χ1) is 31.5. The van der Waals surface area contributed by atoms with Crippen LogP contribution in [0.2, 0.25) is 0 Å². The molecule has 2 heteroatoms. The van der Waals surface area contributed by atoms with Crippen LogP contribution in [0.3, 0.4) is 0 Å². The predicted molar refractivity (Wildman–Crippen MR) is 265 cm³/mol. The fourth-order valence-corrected chi connectivity index (χ4v) is 10.7. The van der Waals surface area contributed by atoms with Gasteiger partial charge in [-0.2, -0.15) is 0 Å². The molecule has 0 radical (unpaired) electrons. The Morgan fingerprint density at radius 2 is 0.766 bits per heavy atom.